The number of nitrogens with zero attached hydrogens (tertiary/aromatic N) is 5. The molecule has 5 heterocycles. The summed E-state index contributed by atoms with van der Waals surface area (Å²) in [6.07, 6.45) is 4.61. The molecular formula is C29H27Br2ClN8O5. The minimum atomic E-state index is -0.458. The Kier molecular flexibility index (Phi) is 9.99. The molecule has 1 aromatic carbocycles. The Morgan fingerprint density at radius 1 is 0.933 bits per heavy atom. The monoisotopic (exact) mass is 760 g/mol. The van der Waals surface area contributed by atoms with Crippen LogP contribution in [-0.2, 0) is 16.0 Å². The van der Waals surface area contributed by atoms with Crippen LogP contribution < -0.4 is 10.1 Å². The number of hydrogen-bond acceptors (Lipinski definition) is 11. The fourth-order valence-electron chi connectivity index (χ4n) is 4.44. The molecule has 45 heavy (non-hydrogen) atoms. The Hall–Kier alpha value is -4.08. The lowest BCUT2D eigenvalue weighted by Crippen LogP contribution is -2.09. The number of rotatable bonds is 8. The number of fused-ring (bicyclic) bond motifs is 3. The van der Waals surface area contributed by atoms with Gasteiger partial charge in [0.25, 0.3) is 0 Å². The molecule has 0 aliphatic carbocycles. The first-order valence-electron chi connectivity index (χ1n) is 13.8. The number of hydrogen-bond donors (Lipinski definition) is 3. The Bertz CT molecular complexity index is 1940. The van der Waals surface area contributed by atoms with Gasteiger partial charge in [0.15, 0.2) is 0 Å². The highest BCUT2D eigenvalue weighted by atomic mass is 79.9. The average Bonchev–Trinajstić information content (AvgIpc) is 3.69. The third-order valence-electron chi connectivity index (χ3n) is 6.32. The van der Waals surface area contributed by atoms with Crippen LogP contribution in [0.25, 0.3) is 22.1 Å². The van der Waals surface area contributed by atoms with Gasteiger partial charge in [-0.15, -0.1) is 0 Å². The third kappa shape index (κ3) is 6.79. The van der Waals surface area contributed by atoms with E-state index in [0.29, 0.717) is 67.1 Å². The number of aromatic amines is 2. The molecule has 234 valence electrons. The first-order valence-corrected chi connectivity index (χ1v) is 15.7. The van der Waals surface area contributed by atoms with Crippen LogP contribution in [0.5, 0.6) is 5.75 Å². The summed E-state index contributed by atoms with van der Waals surface area (Å²) in [7, 11) is 0. The maximum Gasteiger partial charge on any atom is 0.355 e. The van der Waals surface area contributed by atoms with Crippen LogP contribution >= 0.6 is 43.5 Å². The maximum atomic E-state index is 12.2. The lowest BCUT2D eigenvalue weighted by molar-refractivity contribution is 0.0510. The predicted molar refractivity (Wildman–Crippen MR) is 177 cm³/mol. The quantitative estimate of drug-likeness (QED) is 0.112. The lowest BCUT2D eigenvalue weighted by Gasteiger charge is -2.17. The van der Waals surface area contributed by atoms with Crippen molar-refractivity contribution in [2.24, 2.45) is 4.99 Å². The van der Waals surface area contributed by atoms with Gasteiger partial charge in [-0.25, -0.2) is 29.5 Å². The fourth-order valence-corrected chi connectivity index (χ4v) is 6.05. The maximum absolute atomic E-state index is 12.2. The van der Waals surface area contributed by atoms with Crippen molar-refractivity contribution in [2.45, 2.75) is 40.3 Å². The summed E-state index contributed by atoms with van der Waals surface area (Å²) < 4.78 is 17.1. The van der Waals surface area contributed by atoms with Crippen LogP contribution in [0.4, 0.5) is 11.5 Å². The zero-order chi connectivity index (χ0) is 32.2. The molecule has 0 fully saturated rings. The van der Waals surface area contributed by atoms with Gasteiger partial charge in [-0.1, -0.05) is 11.6 Å². The fraction of sp³-hybridized carbons (Fsp3) is 0.276. The highest BCUT2D eigenvalue weighted by molar-refractivity contribution is 9.11. The van der Waals surface area contributed by atoms with Crippen molar-refractivity contribution in [1.29, 1.82) is 0 Å². The predicted octanol–water partition coefficient (Wildman–Crippen LogP) is 6.91. The van der Waals surface area contributed by atoms with Crippen molar-refractivity contribution in [3.63, 3.8) is 0 Å². The average molecular weight is 763 g/mol. The normalized spacial score (nSPS) is 11.8. The van der Waals surface area contributed by atoms with Gasteiger partial charge in [0.2, 0.25) is 0 Å². The number of aromatic nitrogens is 6. The van der Waals surface area contributed by atoms with Crippen LogP contribution in [0, 0.1) is 0 Å². The van der Waals surface area contributed by atoms with Crippen molar-refractivity contribution >= 4 is 95.2 Å². The van der Waals surface area contributed by atoms with Crippen molar-refractivity contribution in [3.8, 4) is 5.75 Å². The van der Waals surface area contributed by atoms with Crippen LogP contribution in [0.2, 0.25) is 5.15 Å². The SMILES string of the molecule is CCOC(=O)c1[nH]c2ncnc(Cl)c2c1Br.CCOC(=O)c1[nH]c2ncnc(Nc3cc4c(cc3OC(C)C)CN=C4)c2c1Br. The van der Waals surface area contributed by atoms with Gasteiger partial charge in [-0.05, 0) is 82.8 Å². The van der Waals surface area contributed by atoms with E-state index >= 15 is 0 Å². The molecule has 4 aromatic heterocycles. The summed E-state index contributed by atoms with van der Waals surface area (Å²) in [5.41, 5.74) is 4.52. The minimum Gasteiger partial charge on any atom is -0.489 e. The standard InChI is InChI=1S/C20H20BrN5O3.C9H7BrClN3O2/c1-4-28-20(27)17-16(21)15-18(23-9-24-19(15)26-17)25-13-5-11-7-22-8-12(11)6-14(13)29-10(2)3;1-2-16-9(15)6-5(10)4-7(11)12-3-13-8(4)14-6/h5-7,9-10H,4,8H2,1-3H3,(H2,23,24,25,26);3H,2H2,1H3,(H,12,13,14). The van der Waals surface area contributed by atoms with Crippen molar-refractivity contribution in [2.75, 3.05) is 18.5 Å². The number of aliphatic imine (C=N–C) groups is 1. The van der Waals surface area contributed by atoms with Crippen LogP contribution in [-0.4, -0.2) is 67.4 Å². The number of H-pyrrole nitrogens is 2. The molecule has 0 atom stereocenters. The van der Waals surface area contributed by atoms with Crippen molar-refractivity contribution < 1.29 is 23.8 Å². The Balaban J connectivity index is 0.000000211. The van der Waals surface area contributed by atoms with E-state index in [-0.39, 0.29) is 17.9 Å². The van der Waals surface area contributed by atoms with Crippen molar-refractivity contribution in [3.05, 3.63) is 61.4 Å². The van der Waals surface area contributed by atoms with Gasteiger partial charge in [0.1, 0.15) is 52.1 Å². The Labute approximate surface area is 278 Å². The molecule has 16 heteroatoms. The topological polar surface area (TPSA) is 169 Å². The Morgan fingerprint density at radius 2 is 1.53 bits per heavy atom. The number of ether oxygens (including phenoxy) is 3. The minimum absolute atomic E-state index is 0.00995. The van der Waals surface area contributed by atoms with Crippen LogP contribution in [0.3, 0.4) is 0 Å². The smallest absolute Gasteiger partial charge is 0.355 e. The van der Waals surface area contributed by atoms with Crippen LogP contribution in [0.1, 0.15) is 59.8 Å². The first kappa shape index (κ1) is 32.3. The van der Waals surface area contributed by atoms with Gasteiger partial charge in [0.05, 0.1) is 51.3 Å². The molecule has 0 radical (unpaired) electrons. The van der Waals surface area contributed by atoms with Crippen LogP contribution in [0.15, 0.2) is 38.7 Å². The molecule has 0 bridgehead atoms. The van der Waals surface area contributed by atoms with E-state index in [1.165, 1.54) is 12.7 Å². The van der Waals surface area contributed by atoms with E-state index in [1.54, 1.807) is 13.8 Å². The van der Waals surface area contributed by atoms with E-state index < -0.39 is 11.9 Å². The summed E-state index contributed by atoms with van der Waals surface area (Å²) in [5, 5.41) is 4.85. The van der Waals surface area contributed by atoms with E-state index in [4.69, 9.17) is 25.8 Å². The molecule has 0 unspecified atom stereocenters. The first-order chi connectivity index (χ1) is 21.6. The van der Waals surface area contributed by atoms with Gasteiger partial charge < -0.3 is 29.5 Å². The number of carbonyl (C=O) groups is 2. The molecule has 0 saturated carbocycles. The van der Waals surface area contributed by atoms with Gasteiger partial charge in [0, 0.05) is 6.21 Å². The molecule has 0 saturated heterocycles. The zero-order valence-electron chi connectivity index (χ0n) is 24.5. The number of anilines is 2. The number of benzene rings is 1. The number of halogens is 3. The summed E-state index contributed by atoms with van der Waals surface area (Å²) in [5.74, 6) is 0.342. The molecule has 1 aliphatic rings. The van der Waals surface area contributed by atoms with E-state index in [2.05, 4.69) is 72.1 Å². The third-order valence-corrected chi connectivity index (χ3v) is 8.19. The molecule has 6 rings (SSSR count). The summed E-state index contributed by atoms with van der Waals surface area (Å²) >= 11 is 12.7. The van der Waals surface area contributed by atoms with Gasteiger partial charge >= 0.3 is 11.9 Å². The summed E-state index contributed by atoms with van der Waals surface area (Å²) in [6, 6.07) is 3.99. The molecule has 13 nitrogen and oxygen atoms in total. The van der Waals surface area contributed by atoms with Crippen molar-refractivity contribution in [1.82, 2.24) is 29.9 Å². The second-order valence-corrected chi connectivity index (χ2v) is 11.7. The van der Waals surface area contributed by atoms with Gasteiger partial charge in [-0.2, -0.15) is 0 Å². The van der Waals surface area contributed by atoms with E-state index in [1.807, 2.05) is 32.2 Å². The largest absolute Gasteiger partial charge is 0.489 e. The second kappa shape index (κ2) is 13.9. The second-order valence-electron chi connectivity index (χ2n) is 9.71. The number of esters is 2. The lowest BCUT2D eigenvalue weighted by atomic mass is 10.1. The molecule has 5 aromatic rings. The highest BCUT2D eigenvalue weighted by Crippen LogP contribution is 2.37. The van der Waals surface area contributed by atoms with E-state index in [9.17, 15) is 9.59 Å². The highest BCUT2D eigenvalue weighted by Gasteiger charge is 2.23. The molecule has 0 amide bonds. The van der Waals surface area contributed by atoms with Gasteiger partial charge in [-0.3, -0.25) is 4.99 Å². The van der Waals surface area contributed by atoms with E-state index in [0.717, 1.165) is 16.8 Å². The molecule has 0 spiro atoms. The molecular weight excluding hydrogens is 736 g/mol. The number of nitrogens with one attached hydrogen (secondary N) is 3. The molecule has 3 N–H and O–H groups in total. The summed E-state index contributed by atoms with van der Waals surface area (Å²) in [4.78, 5) is 50.4. The zero-order valence-corrected chi connectivity index (χ0v) is 28.4. The molecule has 1 aliphatic heterocycles. The number of carbonyl (C=O) groups excluding carboxylic acids is 2. The summed E-state index contributed by atoms with van der Waals surface area (Å²) in [6.45, 7) is 8.68. The Morgan fingerprint density at radius 3 is 2.13 bits per heavy atom.